The number of hydrogen-bond acceptors (Lipinski definition) is 2. The van der Waals surface area contributed by atoms with Gasteiger partial charge in [-0.1, -0.05) is 36.4 Å². The maximum absolute atomic E-state index is 12.3. The topological polar surface area (TPSA) is 41.1 Å². The summed E-state index contributed by atoms with van der Waals surface area (Å²) < 4.78 is 0. The molecular weight excluding hydrogens is 236 g/mol. The Morgan fingerprint density at radius 3 is 2.63 bits per heavy atom. The van der Waals surface area contributed by atoms with Crippen molar-refractivity contribution in [3.8, 4) is 0 Å². The molecule has 0 spiro atoms. The van der Waals surface area contributed by atoms with Gasteiger partial charge >= 0.3 is 0 Å². The molecule has 3 heteroatoms. The lowest BCUT2D eigenvalue weighted by Gasteiger charge is -2.13. The third kappa shape index (κ3) is 2.32. The first-order chi connectivity index (χ1) is 9.24. The van der Waals surface area contributed by atoms with Gasteiger partial charge in [0.25, 0.3) is 0 Å². The molecule has 0 radical (unpaired) electrons. The predicted molar refractivity (Wildman–Crippen MR) is 77.5 cm³/mol. The Morgan fingerprint density at radius 2 is 1.84 bits per heavy atom. The molecule has 1 unspecified atom stereocenters. The number of aryl methyl sites for hydroxylation is 1. The summed E-state index contributed by atoms with van der Waals surface area (Å²) in [5, 5.41) is 6.36. The fraction of sp³-hybridized carbons (Fsp3) is 0.188. The second kappa shape index (κ2) is 4.76. The molecule has 0 saturated carbocycles. The van der Waals surface area contributed by atoms with Crippen molar-refractivity contribution in [3.05, 3.63) is 59.7 Å². The Kier molecular flexibility index (Phi) is 2.95. The molecule has 1 atom stereocenters. The highest BCUT2D eigenvalue weighted by atomic mass is 16.1. The summed E-state index contributed by atoms with van der Waals surface area (Å²) in [6.45, 7) is 2.66. The quantitative estimate of drug-likeness (QED) is 0.818. The molecule has 1 aliphatic rings. The molecule has 1 aliphatic heterocycles. The van der Waals surface area contributed by atoms with Crippen molar-refractivity contribution >= 4 is 17.3 Å². The van der Waals surface area contributed by atoms with E-state index in [0.717, 1.165) is 16.9 Å². The first-order valence-electron chi connectivity index (χ1n) is 6.44. The van der Waals surface area contributed by atoms with Crippen molar-refractivity contribution in [2.24, 2.45) is 0 Å². The van der Waals surface area contributed by atoms with Crippen LogP contribution in [0.3, 0.4) is 0 Å². The van der Waals surface area contributed by atoms with E-state index in [4.69, 9.17) is 0 Å². The summed E-state index contributed by atoms with van der Waals surface area (Å²) in [6.07, 6.45) is 0. The zero-order chi connectivity index (χ0) is 13.2. The second-order valence-corrected chi connectivity index (χ2v) is 4.88. The summed E-state index contributed by atoms with van der Waals surface area (Å²) in [5.41, 5.74) is 4.07. The molecule has 2 aromatic rings. The van der Waals surface area contributed by atoms with E-state index >= 15 is 0 Å². The van der Waals surface area contributed by atoms with E-state index in [-0.39, 0.29) is 11.8 Å². The van der Waals surface area contributed by atoms with Crippen LogP contribution in [0, 0.1) is 6.92 Å². The zero-order valence-corrected chi connectivity index (χ0v) is 10.8. The van der Waals surface area contributed by atoms with E-state index in [9.17, 15) is 4.79 Å². The second-order valence-electron chi connectivity index (χ2n) is 4.88. The minimum absolute atomic E-state index is 0.0429. The lowest BCUT2D eigenvalue weighted by atomic mass is 9.98. The highest BCUT2D eigenvalue weighted by Gasteiger charge is 2.24. The summed E-state index contributed by atoms with van der Waals surface area (Å²) >= 11 is 0. The number of fused-ring (bicyclic) bond motifs is 1. The van der Waals surface area contributed by atoms with E-state index in [1.54, 1.807) is 0 Å². The molecule has 3 rings (SSSR count). The minimum atomic E-state index is -0.158. The lowest BCUT2D eigenvalue weighted by Crippen LogP contribution is -2.23. The van der Waals surface area contributed by atoms with Gasteiger partial charge in [-0.25, -0.2) is 0 Å². The zero-order valence-electron chi connectivity index (χ0n) is 10.8. The van der Waals surface area contributed by atoms with Crippen LogP contribution in [0.1, 0.15) is 17.0 Å². The maximum atomic E-state index is 12.3. The molecule has 0 saturated heterocycles. The van der Waals surface area contributed by atoms with E-state index < -0.39 is 0 Å². The number of carbonyl (C=O) groups excluding carboxylic acids is 1. The van der Waals surface area contributed by atoms with Gasteiger partial charge in [0.05, 0.1) is 17.3 Å². The Hall–Kier alpha value is -2.29. The standard InChI is InChI=1S/C16H16N2O/c1-11-7-8-14-15(9-11)17-10-13(16(19)18-14)12-5-3-2-4-6-12/h2-9,13,17H,10H2,1H3,(H,18,19). The monoisotopic (exact) mass is 252 g/mol. The van der Waals surface area contributed by atoms with E-state index in [1.165, 1.54) is 5.56 Å². The molecule has 19 heavy (non-hydrogen) atoms. The van der Waals surface area contributed by atoms with Crippen molar-refractivity contribution in [1.29, 1.82) is 0 Å². The van der Waals surface area contributed by atoms with Crippen LogP contribution in [0.4, 0.5) is 11.4 Å². The predicted octanol–water partition coefficient (Wildman–Crippen LogP) is 3.14. The Morgan fingerprint density at radius 1 is 1.05 bits per heavy atom. The number of nitrogens with one attached hydrogen (secondary N) is 2. The molecule has 0 fully saturated rings. The van der Waals surface area contributed by atoms with Crippen molar-refractivity contribution in [1.82, 2.24) is 0 Å². The first kappa shape index (κ1) is 11.8. The largest absolute Gasteiger partial charge is 0.382 e. The fourth-order valence-electron chi connectivity index (χ4n) is 2.39. The molecule has 3 nitrogen and oxygen atoms in total. The molecule has 96 valence electrons. The van der Waals surface area contributed by atoms with Gasteiger partial charge in [-0.2, -0.15) is 0 Å². The summed E-state index contributed by atoms with van der Waals surface area (Å²) in [6, 6.07) is 15.9. The maximum Gasteiger partial charge on any atom is 0.233 e. The fourth-order valence-corrected chi connectivity index (χ4v) is 2.39. The van der Waals surface area contributed by atoms with Crippen LogP contribution in [-0.4, -0.2) is 12.5 Å². The SMILES string of the molecule is Cc1ccc2c(c1)NCC(c1ccccc1)C(=O)N2. The van der Waals surface area contributed by atoms with Gasteiger partial charge in [0, 0.05) is 6.54 Å². The summed E-state index contributed by atoms with van der Waals surface area (Å²) in [7, 11) is 0. The Labute approximate surface area is 112 Å². The highest BCUT2D eigenvalue weighted by Crippen LogP contribution is 2.29. The molecule has 2 aromatic carbocycles. The van der Waals surface area contributed by atoms with Crippen LogP contribution in [0.2, 0.25) is 0 Å². The first-order valence-corrected chi connectivity index (χ1v) is 6.44. The number of carbonyl (C=O) groups is 1. The van der Waals surface area contributed by atoms with Crippen LogP contribution in [-0.2, 0) is 4.79 Å². The van der Waals surface area contributed by atoms with Crippen LogP contribution >= 0.6 is 0 Å². The van der Waals surface area contributed by atoms with Crippen molar-refractivity contribution in [3.63, 3.8) is 0 Å². The highest BCUT2D eigenvalue weighted by molar-refractivity contribution is 6.00. The lowest BCUT2D eigenvalue weighted by molar-refractivity contribution is -0.117. The van der Waals surface area contributed by atoms with Crippen LogP contribution < -0.4 is 10.6 Å². The van der Waals surface area contributed by atoms with E-state index in [2.05, 4.69) is 16.7 Å². The number of amides is 1. The molecule has 0 aliphatic carbocycles. The molecule has 1 heterocycles. The van der Waals surface area contributed by atoms with E-state index in [1.807, 2.05) is 49.4 Å². The molecule has 0 aromatic heterocycles. The van der Waals surface area contributed by atoms with Gasteiger partial charge in [-0.3, -0.25) is 4.79 Å². The van der Waals surface area contributed by atoms with Crippen molar-refractivity contribution in [2.45, 2.75) is 12.8 Å². The van der Waals surface area contributed by atoms with Crippen molar-refractivity contribution < 1.29 is 4.79 Å². The molecular formula is C16H16N2O. The summed E-state index contributed by atoms with van der Waals surface area (Å²) in [4.78, 5) is 12.3. The van der Waals surface area contributed by atoms with E-state index in [0.29, 0.717) is 6.54 Å². The average molecular weight is 252 g/mol. The van der Waals surface area contributed by atoms with Gasteiger partial charge in [0.1, 0.15) is 0 Å². The Bertz CT molecular complexity index is 607. The molecule has 2 N–H and O–H groups in total. The Balaban J connectivity index is 1.92. The van der Waals surface area contributed by atoms with Gasteiger partial charge in [-0.05, 0) is 30.2 Å². The van der Waals surface area contributed by atoms with Gasteiger partial charge in [0.15, 0.2) is 0 Å². The third-order valence-electron chi connectivity index (χ3n) is 3.45. The average Bonchev–Trinajstić information content (AvgIpc) is 2.58. The van der Waals surface area contributed by atoms with Gasteiger partial charge in [0.2, 0.25) is 5.91 Å². The van der Waals surface area contributed by atoms with Crippen LogP contribution in [0.15, 0.2) is 48.5 Å². The number of rotatable bonds is 1. The number of anilines is 2. The van der Waals surface area contributed by atoms with Gasteiger partial charge < -0.3 is 10.6 Å². The molecule has 1 amide bonds. The summed E-state index contributed by atoms with van der Waals surface area (Å²) in [5.74, 6) is -0.116. The van der Waals surface area contributed by atoms with Crippen LogP contribution in [0.5, 0.6) is 0 Å². The van der Waals surface area contributed by atoms with Crippen LogP contribution in [0.25, 0.3) is 0 Å². The number of hydrogen-bond donors (Lipinski definition) is 2. The van der Waals surface area contributed by atoms with Crippen molar-refractivity contribution in [2.75, 3.05) is 17.2 Å². The normalized spacial score (nSPS) is 17.9. The number of benzene rings is 2. The smallest absolute Gasteiger partial charge is 0.233 e. The van der Waals surface area contributed by atoms with Gasteiger partial charge in [-0.15, -0.1) is 0 Å². The molecule has 0 bridgehead atoms. The third-order valence-corrected chi connectivity index (χ3v) is 3.45. The minimum Gasteiger partial charge on any atom is -0.382 e.